The Hall–Kier alpha value is -0.530. The van der Waals surface area contributed by atoms with Crippen LogP contribution in [0, 0.1) is 0 Å². The molecule has 0 saturated carbocycles. The standard InChI is InChI=1S/C11H18BrN3O2S/c1-8(2)9-10(18-15-14-9)11(16)13-5-3-6-17-7-4-12/h8H,3-7H2,1-2H3,(H,13,16). The number of hydrogen-bond donors (Lipinski definition) is 1. The summed E-state index contributed by atoms with van der Waals surface area (Å²) in [6, 6.07) is 0. The van der Waals surface area contributed by atoms with Gasteiger partial charge in [0.1, 0.15) is 4.88 Å². The first kappa shape index (κ1) is 15.5. The largest absolute Gasteiger partial charge is 0.381 e. The van der Waals surface area contributed by atoms with E-state index in [4.69, 9.17) is 4.74 Å². The van der Waals surface area contributed by atoms with Crippen LogP contribution in [0.3, 0.4) is 0 Å². The highest BCUT2D eigenvalue weighted by molar-refractivity contribution is 9.09. The van der Waals surface area contributed by atoms with Crippen molar-refractivity contribution in [2.45, 2.75) is 26.2 Å². The van der Waals surface area contributed by atoms with Crippen molar-refractivity contribution in [3.05, 3.63) is 10.6 Å². The van der Waals surface area contributed by atoms with Gasteiger partial charge in [0.25, 0.3) is 5.91 Å². The van der Waals surface area contributed by atoms with Crippen LogP contribution in [-0.2, 0) is 4.74 Å². The van der Waals surface area contributed by atoms with Gasteiger partial charge in [-0.3, -0.25) is 4.79 Å². The first-order chi connectivity index (χ1) is 8.66. The highest BCUT2D eigenvalue weighted by atomic mass is 79.9. The summed E-state index contributed by atoms with van der Waals surface area (Å²) in [6.07, 6.45) is 0.808. The summed E-state index contributed by atoms with van der Waals surface area (Å²) < 4.78 is 9.13. The number of hydrogen-bond acceptors (Lipinski definition) is 5. The lowest BCUT2D eigenvalue weighted by Crippen LogP contribution is -2.25. The summed E-state index contributed by atoms with van der Waals surface area (Å²) in [7, 11) is 0. The molecule has 1 amide bonds. The van der Waals surface area contributed by atoms with E-state index in [1.807, 2.05) is 13.8 Å². The summed E-state index contributed by atoms with van der Waals surface area (Å²) in [5.41, 5.74) is 0.771. The van der Waals surface area contributed by atoms with Crippen LogP contribution in [0.5, 0.6) is 0 Å². The second kappa shape index (κ2) is 8.55. The highest BCUT2D eigenvalue weighted by Crippen LogP contribution is 2.19. The minimum absolute atomic E-state index is 0.0887. The van der Waals surface area contributed by atoms with Gasteiger partial charge in [-0.05, 0) is 23.9 Å². The molecule has 5 nitrogen and oxygen atoms in total. The van der Waals surface area contributed by atoms with Crippen molar-refractivity contribution in [1.29, 1.82) is 0 Å². The van der Waals surface area contributed by atoms with Gasteiger partial charge in [0.2, 0.25) is 0 Å². The molecule has 1 aromatic heterocycles. The third-order valence-corrected chi connectivity index (χ3v) is 3.30. The van der Waals surface area contributed by atoms with Crippen LogP contribution >= 0.6 is 27.5 Å². The molecule has 0 unspecified atom stereocenters. The molecular formula is C11H18BrN3O2S. The summed E-state index contributed by atoms with van der Waals surface area (Å²) in [5.74, 6) is 0.126. The molecule has 1 rings (SSSR count). The third-order valence-electron chi connectivity index (χ3n) is 2.24. The molecule has 7 heteroatoms. The maximum Gasteiger partial charge on any atom is 0.264 e. The number of nitrogens with zero attached hydrogens (tertiary/aromatic N) is 2. The van der Waals surface area contributed by atoms with E-state index in [-0.39, 0.29) is 11.8 Å². The average Bonchev–Trinajstić information content (AvgIpc) is 2.82. The maximum absolute atomic E-state index is 11.9. The number of aromatic nitrogens is 2. The van der Waals surface area contributed by atoms with Crippen molar-refractivity contribution < 1.29 is 9.53 Å². The normalized spacial score (nSPS) is 10.9. The van der Waals surface area contributed by atoms with Gasteiger partial charge in [0, 0.05) is 18.5 Å². The summed E-state index contributed by atoms with van der Waals surface area (Å²) in [4.78, 5) is 12.5. The van der Waals surface area contributed by atoms with Crippen LogP contribution in [-0.4, -0.2) is 40.6 Å². The molecule has 0 aromatic carbocycles. The molecule has 0 atom stereocenters. The lowest BCUT2D eigenvalue weighted by molar-refractivity contribution is 0.0947. The van der Waals surface area contributed by atoms with Gasteiger partial charge >= 0.3 is 0 Å². The first-order valence-electron chi connectivity index (χ1n) is 5.91. The van der Waals surface area contributed by atoms with E-state index in [0.29, 0.717) is 24.6 Å². The zero-order valence-electron chi connectivity index (χ0n) is 10.6. The van der Waals surface area contributed by atoms with E-state index in [0.717, 1.165) is 29.0 Å². The number of amides is 1. The summed E-state index contributed by atoms with van der Waals surface area (Å²) >= 11 is 4.43. The van der Waals surface area contributed by atoms with Crippen LogP contribution in [0.2, 0.25) is 0 Å². The molecule has 0 aliphatic carbocycles. The lowest BCUT2D eigenvalue weighted by atomic mass is 10.1. The molecule has 1 aromatic rings. The molecule has 1 heterocycles. The minimum Gasteiger partial charge on any atom is -0.381 e. The van der Waals surface area contributed by atoms with Crippen LogP contribution in [0.4, 0.5) is 0 Å². The molecule has 18 heavy (non-hydrogen) atoms. The SMILES string of the molecule is CC(C)c1nnsc1C(=O)NCCCOCCBr. The van der Waals surface area contributed by atoms with E-state index in [2.05, 4.69) is 30.8 Å². The second-order valence-electron chi connectivity index (χ2n) is 4.05. The molecule has 0 aliphatic heterocycles. The highest BCUT2D eigenvalue weighted by Gasteiger charge is 2.17. The molecule has 0 spiro atoms. The third kappa shape index (κ3) is 4.99. The van der Waals surface area contributed by atoms with E-state index in [9.17, 15) is 4.79 Å². The summed E-state index contributed by atoms with van der Waals surface area (Å²) in [5, 5.41) is 7.68. The number of carbonyl (C=O) groups is 1. The van der Waals surface area contributed by atoms with E-state index in [1.54, 1.807) is 0 Å². The molecular weight excluding hydrogens is 318 g/mol. The minimum atomic E-state index is -0.0887. The Labute approximate surface area is 120 Å². The fourth-order valence-corrected chi connectivity index (χ4v) is 2.31. The van der Waals surface area contributed by atoms with Crippen molar-refractivity contribution in [2.75, 3.05) is 25.1 Å². The second-order valence-corrected chi connectivity index (χ2v) is 5.60. The number of alkyl halides is 1. The fraction of sp³-hybridized carbons (Fsp3) is 0.727. The van der Waals surface area contributed by atoms with Crippen LogP contribution in [0.15, 0.2) is 0 Å². The van der Waals surface area contributed by atoms with Crippen LogP contribution < -0.4 is 5.32 Å². The van der Waals surface area contributed by atoms with Crippen LogP contribution in [0.1, 0.15) is 41.6 Å². The number of ether oxygens (including phenoxy) is 1. The monoisotopic (exact) mass is 335 g/mol. The van der Waals surface area contributed by atoms with Gasteiger partial charge in [0.05, 0.1) is 12.3 Å². The van der Waals surface area contributed by atoms with Gasteiger partial charge < -0.3 is 10.1 Å². The Morgan fingerprint density at radius 1 is 1.50 bits per heavy atom. The molecule has 0 aliphatic rings. The van der Waals surface area contributed by atoms with Gasteiger partial charge in [-0.2, -0.15) is 0 Å². The Balaban J connectivity index is 2.30. The van der Waals surface area contributed by atoms with E-state index < -0.39 is 0 Å². The first-order valence-corrected chi connectivity index (χ1v) is 7.80. The van der Waals surface area contributed by atoms with Crippen molar-refractivity contribution >= 4 is 33.4 Å². The predicted molar refractivity (Wildman–Crippen MR) is 75.6 cm³/mol. The Bertz CT molecular complexity index is 371. The topological polar surface area (TPSA) is 64.1 Å². The molecule has 102 valence electrons. The van der Waals surface area contributed by atoms with E-state index >= 15 is 0 Å². The van der Waals surface area contributed by atoms with Gasteiger partial charge in [0.15, 0.2) is 0 Å². The quantitative estimate of drug-likeness (QED) is 0.584. The van der Waals surface area contributed by atoms with Gasteiger partial charge in [-0.1, -0.05) is 34.3 Å². The Morgan fingerprint density at radius 3 is 2.94 bits per heavy atom. The lowest BCUT2D eigenvalue weighted by Gasteiger charge is -2.06. The van der Waals surface area contributed by atoms with Crippen molar-refractivity contribution in [3.63, 3.8) is 0 Å². The smallest absolute Gasteiger partial charge is 0.264 e. The van der Waals surface area contributed by atoms with Gasteiger partial charge in [-0.15, -0.1) is 5.10 Å². The van der Waals surface area contributed by atoms with Crippen LogP contribution in [0.25, 0.3) is 0 Å². The fourth-order valence-electron chi connectivity index (χ4n) is 1.35. The van der Waals surface area contributed by atoms with Crippen molar-refractivity contribution in [3.8, 4) is 0 Å². The van der Waals surface area contributed by atoms with E-state index in [1.165, 1.54) is 0 Å². The predicted octanol–water partition coefficient (Wildman–Crippen LogP) is 2.19. The molecule has 0 radical (unpaired) electrons. The Morgan fingerprint density at radius 2 is 2.28 bits per heavy atom. The molecule has 0 saturated heterocycles. The number of halogens is 1. The molecule has 0 fully saturated rings. The maximum atomic E-state index is 11.9. The molecule has 0 bridgehead atoms. The summed E-state index contributed by atoms with van der Waals surface area (Å²) in [6.45, 7) is 5.97. The average molecular weight is 336 g/mol. The number of rotatable bonds is 8. The number of nitrogens with one attached hydrogen (secondary N) is 1. The number of carbonyl (C=O) groups excluding carboxylic acids is 1. The molecule has 1 N–H and O–H groups in total. The zero-order chi connectivity index (χ0) is 13.4. The zero-order valence-corrected chi connectivity index (χ0v) is 13.0. The Kier molecular flexibility index (Phi) is 7.38. The van der Waals surface area contributed by atoms with Gasteiger partial charge in [-0.25, -0.2) is 0 Å². The van der Waals surface area contributed by atoms with Crippen molar-refractivity contribution in [1.82, 2.24) is 14.9 Å². The van der Waals surface area contributed by atoms with Crippen molar-refractivity contribution in [2.24, 2.45) is 0 Å².